The Morgan fingerprint density at radius 1 is 1.33 bits per heavy atom. The van der Waals surface area contributed by atoms with Gasteiger partial charge in [-0.3, -0.25) is 9.59 Å². The fourth-order valence-corrected chi connectivity index (χ4v) is 1.34. The molecule has 0 unspecified atom stereocenters. The molecule has 0 saturated heterocycles. The molecule has 0 spiro atoms. The lowest BCUT2D eigenvalue weighted by atomic mass is 10.1. The number of hydrogen-bond acceptors (Lipinski definition) is 3. The third-order valence-corrected chi connectivity index (χ3v) is 2.12. The van der Waals surface area contributed by atoms with E-state index in [2.05, 4.69) is 11.9 Å². The Morgan fingerprint density at radius 3 is 2.44 bits per heavy atom. The van der Waals surface area contributed by atoms with Crippen LogP contribution in [0.2, 0.25) is 0 Å². The first-order valence-electron chi connectivity index (χ1n) is 5.33. The van der Waals surface area contributed by atoms with Crippen molar-refractivity contribution in [2.24, 2.45) is 0 Å². The third-order valence-electron chi connectivity index (χ3n) is 2.01. The first-order valence-corrected chi connectivity index (χ1v) is 5.70. The Hall–Kier alpha value is -1.81. The number of ether oxygens (including phenoxy) is 1. The predicted molar refractivity (Wildman–Crippen MR) is 70.4 cm³/mol. The first kappa shape index (κ1) is 14.3. The van der Waals surface area contributed by atoms with Crippen LogP contribution in [0.15, 0.2) is 35.9 Å². The molecule has 1 rings (SSSR count). The highest BCUT2D eigenvalue weighted by molar-refractivity contribution is 6.29. The maximum Gasteiger partial charge on any atom is 0.310 e. The molecule has 0 fully saturated rings. The predicted octanol–water partition coefficient (Wildman–Crippen LogP) is 2.48. The number of esters is 1. The summed E-state index contributed by atoms with van der Waals surface area (Å²) in [5.41, 5.74) is 1.49. The number of amides is 1. The summed E-state index contributed by atoms with van der Waals surface area (Å²) < 4.78 is 4.86. The van der Waals surface area contributed by atoms with Gasteiger partial charge in [0.15, 0.2) is 0 Å². The van der Waals surface area contributed by atoms with Crippen molar-refractivity contribution in [3.05, 3.63) is 41.4 Å². The molecule has 0 aliphatic carbocycles. The zero-order valence-corrected chi connectivity index (χ0v) is 10.8. The highest BCUT2D eigenvalue weighted by atomic mass is 35.5. The Kier molecular flexibility index (Phi) is 5.39. The normalized spacial score (nSPS) is 9.67. The number of carbonyl (C=O) groups is 2. The van der Waals surface area contributed by atoms with Crippen LogP contribution in [-0.2, 0) is 20.7 Å². The summed E-state index contributed by atoms with van der Waals surface area (Å²) in [6.07, 6.45) is 0.157. The second-order valence-electron chi connectivity index (χ2n) is 3.73. The quantitative estimate of drug-likeness (QED) is 0.834. The average molecular weight is 268 g/mol. The summed E-state index contributed by atoms with van der Waals surface area (Å²) in [5, 5.41) is 2.92. The molecule has 0 heterocycles. The largest absolute Gasteiger partial charge is 0.460 e. The highest BCUT2D eigenvalue weighted by Gasteiger charge is 2.05. The van der Waals surface area contributed by atoms with E-state index in [0.29, 0.717) is 5.69 Å². The van der Waals surface area contributed by atoms with Crippen LogP contribution < -0.4 is 5.32 Å². The van der Waals surface area contributed by atoms with Crippen LogP contribution in [0.5, 0.6) is 0 Å². The average Bonchev–Trinajstić information content (AvgIpc) is 2.28. The molecular weight excluding hydrogens is 254 g/mol. The zero-order valence-electron chi connectivity index (χ0n) is 10.0. The molecule has 1 N–H and O–H groups in total. The van der Waals surface area contributed by atoms with Gasteiger partial charge in [-0.05, 0) is 17.7 Å². The number of benzene rings is 1. The second kappa shape index (κ2) is 6.81. The summed E-state index contributed by atoms with van der Waals surface area (Å²) in [4.78, 5) is 22.2. The molecule has 1 aromatic carbocycles. The van der Waals surface area contributed by atoms with Gasteiger partial charge in [0.05, 0.1) is 6.42 Å². The van der Waals surface area contributed by atoms with E-state index >= 15 is 0 Å². The van der Waals surface area contributed by atoms with Crippen molar-refractivity contribution in [2.45, 2.75) is 13.3 Å². The minimum absolute atomic E-state index is 0.0182. The van der Waals surface area contributed by atoms with Gasteiger partial charge in [-0.2, -0.15) is 0 Å². The minimum atomic E-state index is -0.371. The van der Waals surface area contributed by atoms with Crippen molar-refractivity contribution in [3.8, 4) is 0 Å². The van der Waals surface area contributed by atoms with E-state index < -0.39 is 0 Å². The van der Waals surface area contributed by atoms with Gasteiger partial charge in [-0.25, -0.2) is 0 Å². The van der Waals surface area contributed by atoms with Crippen molar-refractivity contribution in [1.82, 2.24) is 0 Å². The summed E-state index contributed by atoms with van der Waals surface area (Å²) in [6, 6.07) is 6.96. The van der Waals surface area contributed by atoms with Gasteiger partial charge < -0.3 is 10.1 Å². The lowest BCUT2D eigenvalue weighted by Gasteiger charge is -2.05. The molecule has 0 aliphatic rings. The second-order valence-corrected chi connectivity index (χ2v) is 4.27. The Labute approximate surface area is 111 Å². The van der Waals surface area contributed by atoms with E-state index in [1.54, 1.807) is 24.3 Å². The third kappa shape index (κ3) is 5.50. The van der Waals surface area contributed by atoms with Crippen LogP contribution in [0, 0.1) is 0 Å². The zero-order chi connectivity index (χ0) is 13.5. The number of hydrogen-bond donors (Lipinski definition) is 1. The SMILES string of the molecule is C=C(Cl)COC(=O)Cc1ccc(NC(C)=O)cc1. The maximum absolute atomic E-state index is 11.4. The smallest absolute Gasteiger partial charge is 0.310 e. The highest BCUT2D eigenvalue weighted by Crippen LogP contribution is 2.10. The van der Waals surface area contributed by atoms with E-state index in [1.165, 1.54) is 6.92 Å². The summed E-state index contributed by atoms with van der Waals surface area (Å²) >= 11 is 5.48. The van der Waals surface area contributed by atoms with E-state index in [-0.39, 0.29) is 29.9 Å². The molecule has 0 aliphatic heterocycles. The summed E-state index contributed by atoms with van der Waals surface area (Å²) in [5.74, 6) is -0.508. The van der Waals surface area contributed by atoms with Crippen molar-refractivity contribution in [2.75, 3.05) is 11.9 Å². The van der Waals surface area contributed by atoms with Crippen molar-refractivity contribution in [1.29, 1.82) is 0 Å². The van der Waals surface area contributed by atoms with E-state index in [9.17, 15) is 9.59 Å². The Morgan fingerprint density at radius 2 is 1.94 bits per heavy atom. The van der Waals surface area contributed by atoms with Crippen LogP contribution in [0.4, 0.5) is 5.69 Å². The fraction of sp³-hybridized carbons (Fsp3) is 0.231. The Balaban J connectivity index is 2.50. The molecule has 5 heteroatoms. The maximum atomic E-state index is 11.4. The van der Waals surface area contributed by atoms with Gasteiger partial charge in [0.1, 0.15) is 6.61 Å². The number of halogens is 1. The fourth-order valence-electron chi connectivity index (χ4n) is 1.29. The molecule has 1 aromatic rings. The van der Waals surface area contributed by atoms with Gasteiger partial charge in [-0.15, -0.1) is 0 Å². The molecule has 0 radical (unpaired) electrons. The van der Waals surface area contributed by atoms with Gasteiger partial charge in [0, 0.05) is 17.6 Å². The van der Waals surface area contributed by atoms with Crippen LogP contribution in [0.25, 0.3) is 0 Å². The van der Waals surface area contributed by atoms with Crippen LogP contribution in [0.3, 0.4) is 0 Å². The van der Waals surface area contributed by atoms with Crippen LogP contribution in [0.1, 0.15) is 12.5 Å². The summed E-state index contributed by atoms with van der Waals surface area (Å²) in [7, 11) is 0. The van der Waals surface area contributed by atoms with Gasteiger partial charge >= 0.3 is 5.97 Å². The van der Waals surface area contributed by atoms with Gasteiger partial charge in [-0.1, -0.05) is 30.3 Å². The number of carbonyl (C=O) groups excluding carboxylic acids is 2. The van der Waals surface area contributed by atoms with E-state index in [0.717, 1.165) is 5.56 Å². The number of rotatable bonds is 5. The summed E-state index contributed by atoms with van der Waals surface area (Å²) in [6.45, 7) is 4.87. The van der Waals surface area contributed by atoms with Crippen molar-refractivity contribution < 1.29 is 14.3 Å². The molecule has 4 nitrogen and oxygen atoms in total. The van der Waals surface area contributed by atoms with Gasteiger partial charge in [0.2, 0.25) is 5.91 Å². The molecule has 18 heavy (non-hydrogen) atoms. The van der Waals surface area contributed by atoms with Crippen LogP contribution in [-0.4, -0.2) is 18.5 Å². The lowest BCUT2D eigenvalue weighted by Crippen LogP contribution is -2.09. The lowest BCUT2D eigenvalue weighted by molar-refractivity contribution is -0.141. The monoisotopic (exact) mass is 267 g/mol. The number of anilines is 1. The minimum Gasteiger partial charge on any atom is -0.460 e. The first-order chi connectivity index (χ1) is 8.47. The molecule has 0 aromatic heterocycles. The molecule has 0 bridgehead atoms. The van der Waals surface area contributed by atoms with E-state index in [4.69, 9.17) is 16.3 Å². The molecule has 0 saturated carbocycles. The van der Waals surface area contributed by atoms with Crippen LogP contribution >= 0.6 is 11.6 Å². The van der Waals surface area contributed by atoms with Crippen molar-refractivity contribution in [3.63, 3.8) is 0 Å². The van der Waals surface area contributed by atoms with Crippen molar-refractivity contribution >= 4 is 29.2 Å². The molecule has 0 atom stereocenters. The molecule has 1 amide bonds. The standard InChI is InChI=1S/C13H14ClNO3/c1-9(14)8-18-13(17)7-11-3-5-12(6-4-11)15-10(2)16/h3-6H,1,7-8H2,2H3,(H,15,16). The Bertz CT molecular complexity index is 454. The molecule has 96 valence electrons. The van der Waals surface area contributed by atoms with Gasteiger partial charge in [0.25, 0.3) is 0 Å². The number of nitrogens with one attached hydrogen (secondary N) is 1. The topological polar surface area (TPSA) is 55.4 Å². The van der Waals surface area contributed by atoms with E-state index in [1.807, 2.05) is 0 Å². The molecular formula is C13H14ClNO3.